The number of nitrogens with zero attached hydrogens (tertiary/aromatic N) is 1. The van der Waals surface area contributed by atoms with Crippen molar-refractivity contribution >= 4 is 6.29 Å². The van der Waals surface area contributed by atoms with Gasteiger partial charge in [-0.15, -0.1) is 0 Å². The molecule has 0 aromatic carbocycles. The molecule has 0 aromatic rings. The second kappa shape index (κ2) is 5.73. The summed E-state index contributed by atoms with van der Waals surface area (Å²) in [4.78, 5) is 14.2. The third kappa shape index (κ3) is 3.57. The van der Waals surface area contributed by atoms with E-state index in [0.29, 0.717) is 5.41 Å². The van der Waals surface area contributed by atoms with Gasteiger partial charge in [-0.05, 0) is 37.6 Å². The van der Waals surface area contributed by atoms with Crippen molar-refractivity contribution in [2.24, 2.45) is 10.8 Å². The van der Waals surface area contributed by atoms with Crippen LogP contribution in [0.5, 0.6) is 0 Å². The van der Waals surface area contributed by atoms with Gasteiger partial charge in [-0.2, -0.15) is 0 Å². The van der Waals surface area contributed by atoms with E-state index in [-0.39, 0.29) is 5.41 Å². The minimum atomic E-state index is -0.0239. The Morgan fingerprint density at radius 3 is 2.22 bits per heavy atom. The van der Waals surface area contributed by atoms with Gasteiger partial charge in [0.1, 0.15) is 6.29 Å². The molecule has 0 bridgehead atoms. The van der Waals surface area contributed by atoms with Crippen molar-refractivity contribution in [2.45, 2.75) is 65.2 Å². The Hall–Kier alpha value is -0.370. The molecule has 0 N–H and O–H groups in total. The second-order valence-electron chi connectivity index (χ2n) is 7.37. The molecule has 1 saturated heterocycles. The molecule has 18 heavy (non-hydrogen) atoms. The Morgan fingerprint density at radius 1 is 1.00 bits per heavy atom. The van der Waals surface area contributed by atoms with Crippen molar-refractivity contribution in [3.05, 3.63) is 0 Å². The number of aldehydes is 1. The van der Waals surface area contributed by atoms with Crippen molar-refractivity contribution in [3.63, 3.8) is 0 Å². The van der Waals surface area contributed by atoms with Crippen molar-refractivity contribution in [3.8, 4) is 0 Å². The highest BCUT2D eigenvalue weighted by molar-refractivity contribution is 5.59. The molecule has 0 aromatic heterocycles. The minimum Gasteiger partial charge on any atom is -0.303 e. The topological polar surface area (TPSA) is 20.3 Å². The first-order valence-electron chi connectivity index (χ1n) is 7.74. The zero-order valence-corrected chi connectivity index (χ0v) is 12.2. The van der Waals surface area contributed by atoms with Crippen LogP contribution in [0.4, 0.5) is 0 Å². The summed E-state index contributed by atoms with van der Waals surface area (Å²) in [6, 6.07) is 0. The van der Waals surface area contributed by atoms with Gasteiger partial charge in [-0.3, -0.25) is 0 Å². The van der Waals surface area contributed by atoms with Crippen LogP contribution in [0.25, 0.3) is 0 Å². The molecule has 1 aliphatic heterocycles. The fourth-order valence-corrected chi connectivity index (χ4v) is 3.87. The van der Waals surface area contributed by atoms with Gasteiger partial charge >= 0.3 is 0 Å². The molecule has 2 rings (SSSR count). The van der Waals surface area contributed by atoms with Crippen LogP contribution in [0.15, 0.2) is 0 Å². The predicted molar refractivity (Wildman–Crippen MR) is 75.7 cm³/mol. The number of hydrogen-bond acceptors (Lipinski definition) is 2. The molecule has 2 nitrogen and oxygen atoms in total. The Morgan fingerprint density at radius 2 is 1.67 bits per heavy atom. The van der Waals surface area contributed by atoms with Gasteiger partial charge in [0.15, 0.2) is 0 Å². The second-order valence-corrected chi connectivity index (χ2v) is 7.37. The van der Waals surface area contributed by atoms with Crippen molar-refractivity contribution in [1.29, 1.82) is 0 Å². The fourth-order valence-electron chi connectivity index (χ4n) is 3.87. The van der Waals surface area contributed by atoms with Gasteiger partial charge in [0, 0.05) is 18.5 Å². The van der Waals surface area contributed by atoms with E-state index in [2.05, 4.69) is 18.7 Å². The van der Waals surface area contributed by atoms with Crippen molar-refractivity contribution < 1.29 is 4.79 Å². The zero-order valence-electron chi connectivity index (χ0n) is 12.2. The van der Waals surface area contributed by atoms with E-state index < -0.39 is 0 Å². The largest absolute Gasteiger partial charge is 0.303 e. The maximum atomic E-state index is 11.6. The Labute approximate surface area is 112 Å². The Kier molecular flexibility index (Phi) is 4.47. The van der Waals surface area contributed by atoms with E-state index >= 15 is 0 Å². The van der Waals surface area contributed by atoms with Crippen LogP contribution in [0.2, 0.25) is 0 Å². The molecule has 1 saturated carbocycles. The highest BCUT2D eigenvalue weighted by Crippen LogP contribution is 2.36. The molecule has 1 aliphatic carbocycles. The highest BCUT2D eigenvalue weighted by Gasteiger charge is 2.35. The number of carbonyl (C=O) groups excluding carboxylic acids is 1. The molecule has 0 radical (unpaired) electrons. The molecular weight excluding hydrogens is 222 g/mol. The number of rotatable bonds is 3. The maximum absolute atomic E-state index is 11.6. The predicted octanol–water partition coefficient (Wildman–Crippen LogP) is 3.65. The summed E-state index contributed by atoms with van der Waals surface area (Å²) in [6.07, 6.45) is 11.3. The molecule has 2 aliphatic rings. The average Bonchev–Trinajstić information content (AvgIpc) is 2.54. The van der Waals surface area contributed by atoms with Crippen LogP contribution in [-0.4, -0.2) is 30.8 Å². The minimum absolute atomic E-state index is 0.0239. The fraction of sp³-hybridized carbons (Fsp3) is 0.938. The monoisotopic (exact) mass is 251 g/mol. The highest BCUT2D eigenvalue weighted by atomic mass is 16.1. The van der Waals surface area contributed by atoms with Crippen LogP contribution in [0.1, 0.15) is 65.2 Å². The summed E-state index contributed by atoms with van der Waals surface area (Å²) in [5.74, 6) is 0. The maximum Gasteiger partial charge on any atom is 0.127 e. The standard InChI is InChI=1S/C16H29NO/c1-15(2)8-7-11-17(12-15)13-16(14-18)9-5-3-4-6-10-16/h14H,3-13H2,1-2H3. The van der Waals surface area contributed by atoms with Crippen LogP contribution < -0.4 is 0 Å². The van der Waals surface area contributed by atoms with E-state index in [9.17, 15) is 4.79 Å². The summed E-state index contributed by atoms with van der Waals surface area (Å²) < 4.78 is 0. The van der Waals surface area contributed by atoms with E-state index in [1.54, 1.807) is 0 Å². The first-order valence-corrected chi connectivity index (χ1v) is 7.74. The van der Waals surface area contributed by atoms with Crippen LogP contribution >= 0.6 is 0 Å². The lowest BCUT2D eigenvalue weighted by molar-refractivity contribution is -0.118. The molecule has 0 unspecified atom stereocenters. The van der Waals surface area contributed by atoms with Gasteiger partial charge in [-0.25, -0.2) is 0 Å². The van der Waals surface area contributed by atoms with Crippen LogP contribution in [0.3, 0.4) is 0 Å². The van der Waals surface area contributed by atoms with Gasteiger partial charge in [0.05, 0.1) is 0 Å². The van der Waals surface area contributed by atoms with E-state index in [0.717, 1.165) is 19.4 Å². The molecule has 0 amide bonds. The molecule has 0 spiro atoms. The third-order valence-electron chi connectivity index (χ3n) is 4.87. The Balaban J connectivity index is 1.98. The van der Waals surface area contributed by atoms with Gasteiger partial charge < -0.3 is 9.69 Å². The Bertz CT molecular complexity index is 277. The number of hydrogen-bond donors (Lipinski definition) is 0. The summed E-state index contributed by atoms with van der Waals surface area (Å²) in [6.45, 7) is 8.10. The summed E-state index contributed by atoms with van der Waals surface area (Å²) in [7, 11) is 0. The number of carbonyl (C=O) groups is 1. The SMILES string of the molecule is CC1(C)CCCN(CC2(C=O)CCCCCC2)C1. The molecule has 0 atom stereocenters. The van der Waals surface area contributed by atoms with E-state index in [1.165, 1.54) is 57.9 Å². The first-order chi connectivity index (χ1) is 8.55. The first kappa shape index (κ1) is 14.0. The quantitative estimate of drug-likeness (QED) is 0.564. The lowest BCUT2D eigenvalue weighted by Gasteiger charge is -2.42. The third-order valence-corrected chi connectivity index (χ3v) is 4.87. The number of piperidine rings is 1. The summed E-state index contributed by atoms with van der Waals surface area (Å²) >= 11 is 0. The van der Waals surface area contributed by atoms with E-state index in [1.807, 2.05) is 0 Å². The average molecular weight is 251 g/mol. The zero-order chi connectivity index (χ0) is 13.1. The lowest BCUT2D eigenvalue weighted by atomic mass is 9.79. The summed E-state index contributed by atoms with van der Waals surface area (Å²) in [5, 5.41) is 0. The normalized spacial score (nSPS) is 28.6. The molecular formula is C16H29NO. The molecule has 104 valence electrons. The van der Waals surface area contributed by atoms with Gasteiger partial charge in [0.25, 0.3) is 0 Å². The van der Waals surface area contributed by atoms with Gasteiger partial charge in [0.2, 0.25) is 0 Å². The van der Waals surface area contributed by atoms with E-state index in [4.69, 9.17) is 0 Å². The molecule has 1 heterocycles. The molecule has 2 fully saturated rings. The van der Waals surface area contributed by atoms with Crippen molar-refractivity contribution in [2.75, 3.05) is 19.6 Å². The molecule has 2 heteroatoms. The van der Waals surface area contributed by atoms with Crippen LogP contribution in [-0.2, 0) is 4.79 Å². The van der Waals surface area contributed by atoms with Crippen molar-refractivity contribution in [1.82, 2.24) is 4.90 Å². The van der Waals surface area contributed by atoms with Gasteiger partial charge in [-0.1, -0.05) is 39.5 Å². The van der Waals surface area contributed by atoms with Crippen LogP contribution in [0, 0.1) is 10.8 Å². The summed E-state index contributed by atoms with van der Waals surface area (Å²) in [5.41, 5.74) is 0.414. The lowest BCUT2D eigenvalue weighted by Crippen LogP contribution is -2.46. The number of likely N-dealkylation sites (tertiary alicyclic amines) is 1. The smallest absolute Gasteiger partial charge is 0.127 e.